The first-order valence-corrected chi connectivity index (χ1v) is 16.9. The molecule has 5 nitrogen and oxygen atoms in total. The van der Waals surface area contributed by atoms with Crippen LogP contribution < -0.4 is 0 Å². The van der Waals surface area contributed by atoms with Gasteiger partial charge < -0.3 is 9.84 Å². The van der Waals surface area contributed by atoms with Gasteiger partial charge in [-0.05, 0) is 70.6 Å². The zero-order valence-electron chi connectivity index (χ0n) is 26.6. The van der Waals surface area contributed by atoms with Crippen LogP contribution in [0.25, 0.3) is 0 Å². The third kappa shape index (κ3) is 29.1. The number of carboxylic acids is 1. The van der Waals surface area contributed by atoms with Gasteiger partial charge in [0.15, 0.2) is 6.10 Å². The Hall–Kier alpha value is -2.17. The van der Waals surface area contributed by atoms with Crippen LogP contribution >= 0.6 is 0 Å². The number of unbranched alkanes of at least 4 members (excludes halogenated alkanes) is 15. The van der Waals surface area contributed by atoms with E-state index < -0.39 is 18.0 Å². The molecule has 0 saturated carbocycles. The molecule has 0 aliphatic rings. The molecule has 0 aromatic rings. The monoisotopic (exact) mass is 574 g/mol. The molecule has 1 atom stereocenters. The van der Waals surface area contributed by atoms with Crippen molar-refractivity contribution < 1.29 is 24.2 Å². The van der Waals surface area contributed by atoms with Crippen LogP contribution in [0.2, 0.25) is 0 Å². The maximum Gasteiger partial charge on any atom is 0.345 e. The first-order chi connectivity index (χ1) is 20.0. The van der Waals surface area contributed by atoms with Gasteiger partial charge in [0, 0.05) is 19.3 Å². The Labute approximate surface area is 252 Å². The fraction of sp³-hybridized carbons (Fsp3) is 0.750. The summed E-state index contributed by atoms with van der Waals surface area (Å²) in [4.78, 5) is 35.6. The van der Waals surface area contributed by atoms with Gasteiger partial charge in [-0.25, -0.2) is 4.79 Å². The lowest BCUT2D eigenvalue weighted by atomic mass is 10.0. The number of rotatable bonds is 30. The molecule has 0 fully saturated rings. The summed E-state index contributed by atoms with van der Waals surface area (Å²) in [6, 6.07) is 0. The third-order valence-electron chi connectivity index (χ3n) is 7.29. The molecule has 0 aromatic carbocycles. The minimum absolute atomic E-state index is 0.288. The zero-order chi connectivity index (χ0) is 30.2. The summed E-state index contributed by atoms with van der Waals surface area (Å²) in [5.74, 6) is -1.17. The van der Waals surface area contributed by atoms with Gasteiger partial charge in [-0.2, -0.15) is 0 Å². The van der Waals surface area contributed by atoms with Crippen molar-refractivity contribution in [1.82, 2.24) is 0 Å². The first kappa shape index (κ1) is 38.8. The third-order valence-corrected chi connectivity index (χ3v) is 7.29. The van der Waals surface area contributed by atoms with Crippen LogP contribution in [0.15, 0.2) is 36.5 Å². The van der Waals surface area contributed by atoms with E-state index in [2.05, 4.69) is 44.2 Å². The standard InChI is InChI=1S/C36H62O5/c1-3-5-7-9-11-12-13-14-15-16-17-18-19-24-28-32-35(38)41-34(36(39)40)31-27-23-20-22-26-30-33(37)29-25-21-10-8-6-4-2/h11-12,14-15,21,25,34H,3-10,13,16-20,22-24,26-32H2,1-2H3,(H,39,40)/b12-11-,15-14-,25-21-. The second-order valence-electron chi connectivity index (χ2n) is 11.3. The van der Waals surface area contributed by atoms with Gasteiger partial charge in [0.2, 0.25) is 0 Å². The van der Waals surface area contributed by atoms with Gasteiger partial charge in [-0.3, -0.25) is 9.59 Å². The highest BCUT2D eigenvalue weighted by molar-refractivity contribution is 5.79. The Balaban J connectivity index is 3.73. The molecule has 0 aliphatic heterocycles. The van der Waals surface area contributed by atoms with Gasteiger partial charge in [0.1, 0.15) is 5.78 Å². The van der Waals surface area contributed by atoms with Crippen molar-refractivity contribution in [2.24, 2.45) is 0 Å². The fourth-order valence-corrected chi connectivity index (χ4v) is 4.66. The molecule has 236 valence electrons. The number of ether oxygens (including phenoxy) is 1. The first-order valence-electron chi connectivity index (χ1n) is 16.9. The van der Waals surface area contributed by atoms with Crippen molar-refractivity contribution >= 4 is 17.7 Å². The van der Waals surface area contributed by atoms with Crippen molar-refractivity contribution in [3.8, 4) is 0 Å². The summed E-state index contributed by atoms with van der Waals surface area (Å²) in [5, 5.41) is 9.43. The molecule has 0 radical (unpaired) electrons. The van der Waals surface area contributed by atoms with Gasteiger partial charge in [-0.15, -0.1) is 0 Å². The number of allylic oxidation sites excluding steroid dienone is 6. The number of esters is 1. The second-order valence-corrected chi connectivity index (χ2v) is 11.3. The molecule has 41 heavy (non-hydrogen) atoms. The summed E-state index contributed by atoms with van der Waals surface area (Å²) in [6.45, 7) is 4.42. The number of aliphatic carboxylic acids is 1. The predicted octanol–water partition coefficient (Wildman–Crippen LogP) is 10.6. The smallest absolute Gasteiger partial charge is 0.345 e. The lowest BCUT2D eigenvalue weighted by Gasteiger charge is -2.13. The van der Waals surface area contributed by atoms with Crippen molar-refractivity contribution in [3.05, 3.63) is 36.5 Å². The summed E-state index contributed by atoms with van der Waals surface area (Å²) in [5.41, 5.74) is 0. The molecule has 0 rings (SSSR count). The number of hydrogen-bond acceptors (Lipinski definition) is 4. The molecular weight excluding hydrogens is 512 g/mol. The molecule has 0 heterocycles. The van der Waals surface area contributed by atoms with Crippen molar-refractivity contribution in [1.29, 1.82) is 0 Å². The van der Waals surface area contributed by atoms with E-state index in [1.807, 2.05) is 6.08 Å². The van der Waals surface area contributed by atoms with Crippen LogP contribution in [-0.2, 0) is 19.1 Å². The number of hydrogen-bond donors (Lipinski definition) is 1. The number of carbonyl (C=O) groups is 3. The van der Waals surface area contributed by atoms with Crippen LogP contribution in [0.4, 0.5) is 0 Å². The summed E-state index contributed by atoms with van der Waals surface area (Å²) in [7, 11) is 0. The predicted molar refractivity (Wildman–Crippen MR) is 172 cm³/mol. The molecule has 0 bridgehead atoms. The Bertz CT molecular complexity index is 721. The molecule has 0 spiro atoms. The van der Waals surface area contributed by atoms with Crippen molar-refractivity contribution in [3.63, 3.8) is 0 Å². The Morgan fingerprint density at radius 2 is 1.07 bits per heavy atom. The van der Waals surface area contributed by atoms with Crippen molar-refractivity contribution in [2.45, 2.75) is 174 Å². The quantitative estimate of drug-likeness (QED) is 0.0524. The normalized spacial score (nSPS) is 12.5. The molecule has 5 heteroatoms. The largest absolute Gasteiger partial charge is 0.479 e. The van der Waals surface area contributed by atoms with E-state index in [-0.39, 0.29) is 6.42 Å². The summed E-state index contributed by atoms with van der Waals surface area (Å²) < 4.78 is 5.25. The average molecular weight is 575 g/mol. The topological polar surface area (TPSA) is 80.7 Å². The van der Waals surface area contributed by atoms with Crippen LogP contribution in [0.1, 0.15) is 168 Å². The van der Waals surface area contributed by atoms with Gasteiger partial charge >= 0.3 is 11.9 Å². The van der Waals surface area contributed by atoms with Crippen LogP contribution in [-0.4, -0.2) is 28.9 Å². The molecule has 0 saturated heterocycles. The SMILES string of the molecule is CCCCC/C=C\C/C=C\CCCCCCCC(=O)OC(CCCCCCCC(=O)C/C=C\CCCCC)C(=O)O. The van der Waals surface area contributed by atoms with E-state index in [1.54, 1.807) is 0 Å². The zero-order valence-corrected chi connectivity index (χ0v) is 26.6. The Kier molecular flexibility index (Phi) is 29.2. The van der Waals surface area contributed by atoms with Crippen molar-refractivity contribution in [2.75, 3.05) is 0 Å². The highest BCUT2D eigenvalue weighted by Gasteiger charge is 2.21. The van der Waals surface area contributed by atoms with Gasteiger partial charge in [-0.1, -0.05) is 115 Å². The molecular formula is C36H62O5. The Morgan fingerprint density at radius 1 is 0.585 bits per heavy atom. The second kappa shape index (κ2) is 30.8. The molecule has 1 N–H and O–H groups in total. The van der Waals surface area contributed by atoms with E-state index in [9.17, 15) is 19.5 Å². The fourth-order valence-electron chi connectivity index (χ4n) is 4.66. The molecule has 1 unspecified atom stereocenters. The van der Waals surface area contributed by atoms with Crippen LogP contribution in [0.3, 0.4) is 0 Å². The lowest BCUT2D eigenvalue weighted by molar-refractivity contribution is -0.164. The highest BCUT2D eigenvalue weighted by atomic mass is 16.6. The van der Waals surface area contributed by atoms with Crippen LogP contribution in [0.5, 0.6) is 0 Å². The highest BCUT2D eigenvalue weighted by Crippen LogP contribution is 2.14. The number of Topliss-reactive ketones (excluding diaryl/α,β-unsaturated/α-hetero) is 1. The summed E-state index contributed by atoms with van der Waals surface area (Å²) >= 11 is 0. The van der Waals surface area contributed by atoms with Gasteiger partial charge in [0.05, 0.1) is 0 Å². The van der Waals surface area contributed by atoms with E-state index in [0.717, 1.165) is 77.0 Å². The lowest BCUT2D eigenvalue weighted by Crippen LogP contribution is -2.27. The molecule has 0 amide bonds. The number of ketones is 1. The van der Waals surface area contributed by atoms with E-state index >= 15 is 0 Å². The number of carbonyl (C=O) groups excluding carboxylic acids is 2. The van der Waals surface area contributed by atoms with E-state index in [4.69, 9.17) is 4.74 Å². The molecule has 0 aliphatic carbocycles. The number of carboxylic acid groups (broad SMARTS) is 1. The minimum Gasteiger partial charge on any atom is -0.479 e. The van der Waals surface area contributed by atoms with E-state index in [0.29, 0.717) is 31.5 Å². The van der Waals surface area contributed by atoms with Gasteiger partial charge in [0.25, 0.3) is 0 Å². The maximum atomic E-state index is 12.1. The average Bonchev–Trinajstić information content (AvgIpc) is 2.95. The Morgan fingerprint density at radius 3 is 1.66 bits per heavy atom. The van der Waals surface area contributed by atoms with E-state index in [1.165, 1.54) is 44.9 Å². The van der Waals surface area contributed by atoms with Crippen LogP contribution in [0, 0.1) is 0 Å². The summed E-state index contributed by atoms with van der Waals surface area (Å²) in [6.07, 6.45) is 35.3. The maximum absolute atomic E-state index is 12.1. The minimum atomic E-state index is -1.06. The molecule has 0 aromatic heterocycles.